The highest BCUT2D eigenvalue weighted by Gasteiger charge is 2.45. The van der Waals surface area contributed by atoms with Crippen LogP contribution in [-0.4, -0.2) is 72.8 Å². The molecule has 3 heterocycles. The molecule has 1 aromatic carbocycles. The lowest BCUT2D eigenvalue weighted by Gasteiger charge is -2.19. The van der Waals surface area contributed by atoms with Gasteiger partial charge in [-0.1, -0.05) is 30.3 Å². The molecule has 0 amide bonds. The van der Waals surface area contributed by atoms with E-state index >= 15 is 0 Å². The number of hydrogen-bond donors (Lipinski definition) is 6. The Morgan fingerprint density at radius 1 is 1.10 bits per heavy atom. The normalized spacial score (nSPS) is 23.4. The predicted molar refractivity (Wildman–Crippen MR) is 114 cm³/mol. The molecule has 1 aliphatic rings. The topological polar surface area (TPSA) is 164 Å². The van der Waals surface area contributed by atoms with Gasteiger partial charge >= 0.3 is 0 Å². The molecule has 1 fully saturated rings. The minimum absolute atomic E-state index is 0.404. The van der Waals surface area contributed by atoms with Crippen LogP contribution in [0.2, 0.25) is 0 Å². The number of nitrogens with two attached hydrogens (primary N) is 1. The maximum absolute atomic E-state index is 10.6. The number of nitrogens with zero attached hydrogens (tertiary/aromatic N) is 4. The zero-order valence-electron chi connectivity index (χ0n) is 16.9. The molecule has 11 heteroatoms. The second-order valence-corrected chi connectivity index (χ2v) is 7.34. The second-order valence-electron chi connectivity index (χ2n) is 7.34. The number of fused-ring (bicyclic) bond motifs is 1. The van der Waals surface area contributed by atoms with Crippen LogP contribution in [0, 0.1) is 0 Å². The van der Waals surface area contributed by atoms with Crippen molar-refractivity contribution in [2.75, 3.05) is 30.3 Å². The second kappa shape index (κ2) is 9.54. The molecule has 0 saturated carbocycles. The van der Waals surface area contributed by atoms with E-state index in [-0.39, 0.29) is 0 Å². The average Bonchev–Trinajstić information content (AvgIpc) is 3.30. The fraction of sp³-hybridized carbons (Fsp3) is 0.450. The Bertz CT molecular complexity index is 1000. The molecule has 0 spiro atoms. The summed E-state index contributed by atoms with van der Waals surface area (Å²) in [4.78, 5) is 13.3. The summed E-state index contributed by atoms with van der Waals surface area (Å²) in [6.07, 6.45) is -2.27. The van der Waals surface area contributed by atoms with Crippen LogP contribution in [0.5, 0.6) is 0 Å². The van der Waals surface area contributed by atoms with Crippen LogP contribution in [0.1, 0.15) is 18.2 Å². The Kier molecular flexibility index (Phi) is 6.59. The van der Waals surface area contributed by atoms with Crippen molar-refractivity contribution < 1.29 is 20.1 Å². The van der Waals surface area contributed by atoms with Gasteiger partial charge in [0.15, 0.2) is 23.2 Å². The number of hydrogen-bond acceptors (Lipinski definition) is 10. The fourth-order valence-corrected chi connectivity index (χ4v) is 3.58. The van der Waals surface area contributed by atoms with Crippen LogP contribution in [0.3, 0.4) is 0 Å². The van der Waals surface area contributed by atoms with Crippen molar-refractivity contribution in [3.63, 3.8) is 0 Å². The van der Waals surface area contributed by atoms with E-state index < -0.39 is 31.1 Å². The Hall–Kier alpha value is -2.83. The van der Waals surface area contributed by atoms with Crippen molar-refractivity contribution in [1.29, 1.82) is 0 Å². The minimum atomic E-state index is -1.26. The largest absolute Gasteiger partial charge is 0.394 e. The Balaban J connectivity index is 1.70. The monoisotopic (exact) mass is 429 g/mol. The van der Waals surface area contributed by atoms with E-state index in [2.05, 4.69) is 25.6 Å². The SMILES string of the molecule is NCCCNc1nc2c(NCc3ccccc3)ncnc2n1[C@@H]1O[C@H](CO)[C@@H](O)[C@H]1O. The molecule has 4 atom stereocenters. The third kappa shape index (κ3) is 4.31. The quantitative estimate of drug-likeness (QED) is 0.251. The van der Waals surface area contributed by atoms with Crippen LogP contribution < -0.4 is 16.4 Å². The molecule has 4 rings (SSSR count). The average molecular weight is 429 g/mol. The Morgan fingerprint density at radius 3 is 2.61 bits per heavy atom. The van der Waals surface area contributed by atoms with Crippen molar-refractivity contribution >= 4 is 22.9 Å². The molecular formula is C20H27N7O4. The summed E-state index contributed by atoms with van der Waals surface area (Å²) >= 11 is 0. The number of benzene rings is 1. The van der Waals surface area contributed by atoms with Gasteiger partial charge in [-0.25, -0.2) is 15.0 Å². The van der Waals surface area contributed by atoms with Gasteiger partial charge in [-0.05, 0) is 18.5 Å². The van der Waals surface area contributed by atoms with Crippen molar-refractivity contribution in [2.24, 2.45) is 5.73 Å². The molecule has 2 aromatic heterocycles. The van der Waals surface area contributed by atoms with Gasteiger partial charge in [-0.3, -0.25) is 4.57 Å². The first kappa shape index (κ1) is 21.4. The standard InChI is InChI=1S/C20H27N7O4/c21-7-4-8-22-20-26-14-17(23-9-12-5-2-1-3-6-12)24-11-25-18(14)27(20)19-16(30)15(29)13(10-28)31-19/h1-3,5-6,11,13,15-16,19,28-30H,4,7-10,21H2,(H,22,26)(H,23,24,25)/t13-,15-,16-,19-/m1/s1. The predicted octanol–water partition coefficient (Wildman–Crippen LogP) is -0.189. The van der Waals surface area contributed by atoms with E-state index in [4.69, 9.17) is 10.5 Å². The summed E-state index contributed by atoms with van der Waals surface area (Å²) in [6.45, 7) is 1.18. The maximum atomic E-state index is 10.6. The molecule has 1 aliphatic heterocycles. The Morgan fingerprint density at radius 2 is 1.90 bits per heavy atom. The molecule has 0 unspecified atom stereocenters. The number of aliphatic hydroxyl groups is 3. The number of ether oxygens (including phenoxy) is 1. The van der Waals surface area contributed by atoms with Crippen molar-refractivity contribution in [2.45, 2.75) is 37.5 Å². The van der Waals surface area contributed by atoms with Crippen molar-refractivity contribution in [3.05, 3.63) is 42.2 Å². The smallest absolute Gasteiger partial charge is 0.207 e. The lowest BCUT2D eigenvalue weighted by Crippen LogP contribution is -2.33. The number of imidazole rings is 1. The minimum Gasteiger partial charge on any atom is -0.394 e. The van der Waals surface area contributed by atoms with E-state index in [1.165, 1.54) is 6.33 Å². The van der Waals surface area contributed by atoms with Crippen LogP contribution in [0.4, 0.5) is 11.8 Å². The molecule has 0 radical (unpaired) electrons. The van der Waals surface area contributed by atoms with Gasteiger partial charge in [0.05, 0.1) is 6.61 Å². The first-order valence-electron chi connectivity index (χ1n) is 10.2. The van der Waals surface area contributed by atoms with Crippen molar-refractivity contribution in [3.8, 4) is 0 Å². The first-order chi connectivity index (χ1) is 15.1. The van der Waals surface area contributed by atoms with Gasteiger partial charge in [0, 0.05) is 13.1 Å². The maximum Gasteiger partial charge on any atom is 0.207 e. The number of aromatic nitrogens is 4. The van der Waals surface area contributed by atoms with Crippen LogP contribution in [-0.2, 0) is 11.3 Å². The summed E-state index contributed by atoms with van der Waals surface area (Å²) in [7, 11) is 0. The summed E-state index contributed by atoms with van der Waals surface area (Å²) in [5.74, 6) is 0.933. The number of rotatable bonds is 9. The fourth-order valence-electron chi connectivity index (χ4n) is 3.58. The molecule has 0 bridgehead atoms. The van der Waals surface area contributed by atoms with Gasteiger partial charge in [0.1, 0.15) is 24.6 Å². The van der Waals surface area contributed by atoms with E-state index in [9.17, 15) is 15.3 Å². The van der Waals surface area contributed by atoms with Crippen molar-refractivity contribution in [1.82, 2.24) is 19.5 Å². The summed E-state index contributed by atoms with van der Waals surface area (Å²) in [5, 5.41) is 36.7. The summed E-state index contributed by atoms with van der Waals surface area (Å²) in [6, 6.07) is 9.88. The van der Waals surface area contributed by atoms with Crippen LogP contribution >= 0.6 is 0 Å². The van der Waals surface area contributed by atoms with Gasteiger partial charge in [0.25, 0.3) is 0 Å². The third-order valence-corrected chi connectivity index (χ3v) is 5.22. The Labute approximate surface area is 178 Å². The lowest BCUT2D eigenvalue weighted by atomic mass is 10.1. The summed E-state index contributed by atoms with van der Waals surface area (Å²) in [5.41, 5.74) is 7.60. The van der Waals surface area contributed by atoms with Crippen LogP contribution in [0.25, 0.3) is 11.2 Å². The number of anilines is 2. The zero-order chi connectivity index (χ0) is 21.8. The highest BCUT2D eigenvalue weighted by molar-refractivity contribution is 5.85. The molecular weight excluding hydrogens is 402 g/mol. The van der Waals surface area contributed by atoms with Gasteiger partial charge in [-0.15, -0.1) is 0 Å². The molecule has 7 N–H and O–H groups in total. The third-order valence-electron chi connectivity index (χ3n) is 5.22. The summed E-state index contributed by atoms with van der Waals surface area (Å²) < 4.78 is 7.32. The zero-order valence-corrected chi connectivity index (χ0v) is 16.9. The number of nitrogens with one attached hydrogen (secondary N) is 2. The van der Waals surface area contributed by atoms with Gasteiger partial charge < -0.3 is 36.4 Å². The molecule has 11 nitrogen and oxygen atoms in total. The molecule has 0 aliphatic carbocycles. The van der Waals surface area contributed by atoms with Gasteiger partial charge in [-0.2, -0.15) is 0 Å². The molecule has 31 heavy (non-hydrogen) atoms. The van der Waals surface area contributed by atoms with Gasteiger partial charge in [0.2, 0.25) is 5.95 Å². The van der Waals surface area contributed by atoms with E-state index in [0.29, 0.717) is 49.0 Å². The first-order valence-corrected chi connectivity index (χ1v) is 10.2. The highest BCUT2D eigenvalue weighted by atomic mass is 16.6. The van der Waals surface area contributed by atoms with E-state index in [0.717, 1.165) is 5.56 Å². The molecule has 3 aromatic rings. The molecule has 166 valence electrons. The lowest BCUT2D eigenvalue weighted by molar-refractivity contribution is -0.0501. The number of aliphatic hydroxyl groups excluding tert-OH is 3. The van der Waals surface area contributed by atoms with E-state index in [1.807, 2.05) is 30.3 Å². The highest BCUT2D eigenvalue weighted by Crippen LogP contribution is 2.35. The van der Waals surface area contributed by atoms with E-state index in [1.54, 1.807) is 4.57 Å². The van der Waals surface area contributed by atoms with Crippen LogP contribution in [0.15, 0.2) is 36.7 Å². The molecule has 1 saturated heterocycles.